The zero-order chi connectivity index (χ0) is 22.6. The highest BCUT2D eigenvalue weighted by Gasteiger charge is 2.31. The molecule has 0 aromatic heterocycles. The molecule has 0 N–H and O–H groups in total. The molecule has 0 bridgehead atoms. The lowest BCUT2D eigenvalue weighted by atomic mass is 10.1. The molecular formula is C22H34N4O4S. The van der Waals surface area contributed by atoms with E-state index in [1.54, 1.807) is 46.4 Å². The van der Waals surface area contributed by atoms with Crippen LogP contribution >= 0.6 is 0 Å². The number of sulfonamides is 1. The summed E-state index contributed by atoms with van der Waals surface area (Å²) in [6.07, 6.45) is 3.54. The number of benzene rings is 1. The number of likely N-dealkylation sites (N-methyl/N-ethyl adjacent to an activating group) is 1. The summed E-state index contributed by atoms with van der Waals surface area (Å²) in [6, 6.07) is 6.38. The van der Waals surface area contributed by atoms with Crippen molar-refractivity contribution >= 4 is 21.8 Å². The van der Waals surface area contributed by atoms with E-state index >= 15 is 0 Å². The molecule has 1 atom stereocenters. The second-order valence-corrected chi connectivity index (χ2v) is 10.6. The van der Waals surface area contributed by atoms with Crippen LogP contribution in [-0.4, -0.2) is 98.6 Å². The van der Waals surface area contributed by atoms with Gasteiger partial charge in [0.2, 0.25) is 15.9 Å². The number of amides is 2. The number of nitrogens with zero attached hydrogens (tertiary/aromatic N) is 4. The first kappa shape index (κ1) is 23.7. The van der Waals surface area contributed by atoms with Crippen LogP contribution in [0, 0.1) is 0 Å². The van der Waals surface area contributed by atoms with Gasteiger partial charge < -0.3 is 9.80 Å². The molecule has 1 aromatic rings. The first-order valence-corrected chi connectivity index (χ1v) is 12.5. The zero-order valence-electron chi connectivity index (χ0n) is 18.8. The zero-order valence-corrected chi connectivity index (χ0v) is 19.6. The molecular weight excluding hydrogens is 416 g/mol. The third-order valence-electron chi connectivity index (χ3n) is 6.16. The summed E-state index contributed by atoms with van der Waals surface area (Å²) in [5, 5.41) is 0. The van der Waals surface area contributed by atoms with Gasteiger partial charge in [-0.25, -0.2) is 8.42 Å². The molecule has 8 nitrogen and oxygen atoms in total. The van der Waals surface area contributed by atoms with Gasteiger partial charge in [0.15, 0.2) is 0 Å². The molecule has 1 unspecified atom stereocenters. The van der Waals surface area contributed by atoms with Crippen molar-refractivity contribution < 1.29 is 18.0 Å². The molecule has 1 aromatic carbocycles. The Labute approximate surface area is 185 Å². The van der Waals surface area contributed by atoms with Crippen LogP contribution < -0.4 is 0 Å². The van der Waals surface area contributed by atoms with Crippen molar-refractivity contribution in [2.75, 3.05) is 53.4 Å². The number of rotatable bonds is 5. The van der Waals surface area contributed by atoms with Gasteiger partial charge in [-0.3, -0.25) is 14.5 Å². The molecule has 2 aliphatic heterocycles. The maximum absolute atomic E-state index is 13.2. The molecule has 2 amide bonds. The summed E-state index contributed by atoms with van der Waals surface area (Å²) < 4.78 is 27.9. The summed E-state index contributed by atoms with van der Waals surface area (Å²) >= 11 is 0. The third-order valence-corrected chi connectivity index (χ3v) is 8.17. The molecule has 2 fully saturated rings. The average Bonchev–Trinajstić information content (AvgIpc) is 2.99. The Balaban J connectivity index is 1.71. The summed E-state index contributed by atoms with van der Waals surface area (Å²) in [4.78, 5) is 30.7. The Morgan fingerprint density at radius 2 is 1.81 bits per heavy atom. The van der Waals surface area contributed by atoms with E-state index in [4.69, 9.17) is 0 Å². The summed E-state index contributed by atoms with van der Waals surface area (Å²) in [6.45, 7) is 5.28. The monoisotopic (exact) mass is 450 g/mol. The molecule has 3 rings (SSSR count). The van der Waals surface area contributed by atoms with Gasteiger partial charge in [0.25, 0.3) is 5.91 Å². The van der Waals surface area contributed by atoms with Crippen LogP contribution in [0.3, 0.4) is 0 Å². The fourth-order valence-electron chi connectivity index (χ4n) is 4.20. The molecule has 0 saturated carbocycles. The largest absolute Gasteiger partial charge is 0.348 e. The maximum Gasteiger partial charge on any atom is 0.253 e. The molecule has 0 radical (unpaired) electrons. The second kappa shape index (κ2) is 10.1. The summed E-state index contributed by atoms with van der Waals surface area (Å²) in [5.74, 6) is -0.117. The first-order chi connectivity index (χ1) is 14.7. The van der Waals surface area contributed by atoms with Gasteiger partial charge in [-0.15, -0.1) is 0 Å². The molecule has 31 heavy (non-hydrogen) atoms. The van der Waals surface area contributed by atoms with Gasteiger partial charge in [0, 0.05) is 58.4 Å². The van der Waals surface area contributed by atoms with E-state index < -0.39 is 10.0 Å². The van der Waals surface area contributed by atoms with E-state index in [0.717, 1.165) is 32.2 Å². The number of hydrogen-bond donors (Lipinski definition) is 0. The number of carbonyl (C=O) groups is 2. The SMILES string of the molecule is CC1CCCCN1S(=O)(=O)c1cccc(C(=O)N2CCCN(CC(=O)N(C)C)CC2)c1. The predicted octanol–water partition coefficient (Wildman–Crippen LogP) is 1.49. The van der Waals surface area contributed by atoms with Crippen LogP contribution in [0.1, 0.15) is 43.0 Å². The minimum atomic E-state index is -3.62. The normalized spacial score (nSPS) is 21.5. The Morgan fingerprint density at radius 3 is 2.52 bits per heavy atom. The molecule has 2 heterocycles. The van der Waals surface area contributed by atoms with E-state index in [0.29, 0.717) is 38.3 Å². The van der Waals surface area contributed by atoms with Gasteiger partial charge in [0.05, 0.1) is 11.4 Å². The molecule has 0 spiro atoms. The van der Waals surface area contributed by atoms with Crippen LogP contribution in [0.4, 0.5) is 0 Å². The number of piperidine rings is 1. The quantitative estimate of drug-likeness (QED) is 0.679. The van der Waals surface area contributed by atoms with Gasteiger partial charge in [-0.2, -0.15) is 4.31 Å². The third kappa shape index (κ3) is 5.64. The molecule has 0 aliphatic carbocycles. The lowest BCUT2D eigenvalue weighted by Gasteiger charge is -2.32. The summed E-state index contributed by atoms with van der Waals surface area (Å²) in [5.41, 5.74) is 0.392. The van der Waals surface area contributed by atoms with Gasteiger partial charge in [0.1, 0.15) is 0 Å². The van der Waals surface area contributed by atoms with E-state index in [2.05, 4.69) is 4.90 Å². The van der Waals surface area contributed by atoms with E-state index in [-0.39, 0.29) is 22.8 Å². The highest BCUT2D eigenvalue weighted by atomic mass is 32.2. The van der Waals surface area contributed by atoms with Crippen LogP contribution in [0.25, 0.3) is 0 Å². The highest BCUT2D eigenvalue weighted by Crippen LogP contribution is 2.26. The van der Waals surface area contributed by atoms with Gasteiger partial charge in [-0.1, -0.05) is 12.5 Å². The van der Waals surface area contributed by atoms with Gasteiger partial charge in [-0.05, 0) is 44.4 Å². The molecule has 172 valence electrons. The van der Waals surface area contributed by atoms with E-state index in [1.807, 2.05) is 6.92 Å². The molecule has 9 heteroatoms. The highest BCUT2D eigenvalue weighted by molar-refractivity contribution is 7.89. The van der Waals surface area contributed by atoms with Crippen LogP contribution in [0.15, 0.2) is 29.2 Å². The van der Waals surface area contributed by atoms with Gasteiger partial charge >= 0.3 is 0 Å². The van der Waals surface area contributed by atoms with E-state index in [1.165, 1.54) is 6.07 Å². The summed E-state index contributed by atoms with van der Waals surface area (Å²) in [7, 11) is -0.148. The smallest absolute Gasteiger partial charge is 0.253 e. The Hall–Kier alpha value is -1.97. The predicted molar refractivity (Wildman–Crippen MR) is 119 cm³/mol. The Morgan fingerprint density at radius 1 is 1.03 bits per heavy atom. The minimum Gasteiger partial charge on any atom is -0.348 e. The van der Waals surface area contributed by atoms with Crippen molar-refractivity contribution in [2.45, 2.75) is 43.5 Å². The Kier molecular flexibility index (Phi) is 7.72. The fourth-order valence-corrected chi connectivity index (χ4v) is 5.95. The Bertz CT molecular complexity index is 903. The van der Waals surface area contributed by atoms with E-state index in [9.17, 15) is 18.0 Å². The standard InChI is InChI=1S/C22H34N4O4S/c1-18-8-4-5-13-26(18)31(29,30)20-10-6-9-19(16-20)22(28)25-12-7-11-24(14-15-25)17-21(27)23(2)3/h6,9-10,16,18H,4-5,7-8,11-15,17H2,1-3H3. The number of hydrogen-bond acceptors (Lipinski definition) is 5. The van der Waals surface area contributed by atoms with Crippen molar-refractivity contribution in [3.8, 4) is 0 Å². The molecule has 2 aliphatic rings. The van der Waals surface area contributed by atoms with Crippen molar-refractivity contribution in [1.82, 2.24) is 19.0 Å². The second-order valence-electron chi connectivity index (χ2n) is 8.70. The van der Waals surface area contributed by atoms with Crippen molar-refractivity contribution in [1.29, 1.82) is 0 Å². The van der Waals surface area contributed by atoms with Crippen molar-refractivity contribution in [2.24, 2.45) is 0 Å². The molecule has 2 saturated heterocycles. The van der Waals surface area contributed by atoms with Crippen molar-refractivity contribution in [3.05, 3.63) is 29.8 Å². The average molecular weight is 451 g/mol. The van der Waals surface area contributed by atoms with Crippen LogP contribution in [0.5, 0.6) is 0 Å². The fraction of sp³-hybridized carbons (Fsp3) is 0.636. The van der Waals surface area contributed by atoms with Crippen LogP contribution in [0.2, 0.25) is 0 Å². The van der Waals surface area contributed by atoms with Crippen LogP contribution in [-0.2, 0) is 14.8 Å². The lowest BCUT2D eigenvalue weighted by molar-refractivity contribution is -0.129. The lowest BCUT2D eigenvalue weighted by Crippen LogP contribution is -2.42. The number of carbonyl (C=O) groups excluding carboxylic acids is 2. The first-order valence-electron chi connectivity index (χ1n) is 11.0. The minimum absolute atomic E-state index is 0.0282. The topological polar surface area (TPSA) is 81.2 Å². The maximum atomic E-state index is 13.2. The van der Waals surface area contributed by atoms with Crippen molar-refractivity contribution in [3.63, 3.8) is 0 Å².